The summed E-state index contributed by atoms with van der Waals surface area (Å²) in [7, 11) is 2.24. The number of hydrogen-bond acceptors (Lipinski definition) is 2. The summed E-state index contributed by atoms with van der Waals surface area (Å²) in [6.45, 7) is 3.18. The van der Waals surface area contributed by atoms with Crippen molar-refractivity contribution in [3.05, 3.63) is 33.8 Å². The Kier molecular flexibility index (Phi) is 4.82. The predicted octanol–water partition coefficient (Wildman–Crippen LogP) is 3.46. The molecule has 2 N–H and O–H groups in total. The van der Waals surface area contributed by atoms with E-state index in [0.717, 1.165) is 6.54 Å². The molecule has 0 aromatic heterocycles. The molecule has 0 amide bonds. The molecule has 100 valence electrons. The van der Waals surface area contributed by atoms with Gasteiger partial charge in [0.15, 0.2) is 0 Å². The molecule has 0 radical (unpaired) electrons. The van der Waals surface area contributed by atoms with Gasteiger partial charge in [-0.15, -0.1) is 0 Å². The molecule has 2 nitrogen and oxygen atoms in total. The Morgan fingerprint density at radius 2 is 1.94 bits per heavy atom. The van der Waals surface area contributed by atoms with Gasteiger partial charge in [0.1, 0.15) is 0 Å². The fourth-order valence-electron chi connectivity index (χ4n) is 2.76. The highest BCUT2D eigenvalue weighted by molar-refractivity contribution is 9.10. The zero-order valence-electron chi connectivity index (χ0n) is 11.3. The van der Waals surface area contributed by atoms with E-state index in [0.29, 0.717) is 12.1 Å². The zero-order chi connectivity index (χ0) is 13.1. The normalized spacial score (nSPS) is 24.5. The molecule has 0 spiro atoms. The van der Waals surface area contributed by atoms with Crippen LogP contribution in [0, 0.1) is 6.92 Å². The minimum atomic E-state index is 0.435. The maximum Gasteiger partial charge on any atom is 0.0233 e. The molecule has 3 heteroatoms. The van der Waals surface area contributed by atoms with Gasteiger partial charge in [0, 0.05) is 23.1 Å². The van der Waals surface area contributed by atoms with Gasteiger partial charge in [-0.3, -0.25) is 4.90 Å². The first-order chi connectivity index (χ1) is 8.56. The largest absolute Gasteiger partial charge is 0.328 e. The molecule has 1 saturated carbocycles. The lowest BCUT2D eigenvalue weighted by molar-refractivity contribution is 0.176. The van der Waals surface area contributed by atoms with E-state index in [1.807, 2.05) is 0 Å². The third-order valence-electron chi connectivity index (χ3n) is 4.02. The highest BCUT2D eigenvalue weighted by atomic mass is 79.9. The first kappa shape index (κ1) is 14.0. The number of benzene rings is 1. The molecule has 1 aromatic rings. The Morgan fingerprint density at radius 3 is 2.56 bits per heavy atom. The number of hydrogen-bond donors (Lipinski definition) is 1. The zero-order valence-corrected chi connectivity index (χ0v) is 12.9. The van der Waals surface area contributed by atoms with Gasteiger partial charge in [0.25, 0.3) is 0 Å². The molecule has 1 aliphatic carbocycles. The molecule has 1 aliphatic rings. The summed E-state index contributed by atoms with van der Waals surface area (Å²) in [5.74, 6) is 0. The fourth-order valence-corrected chi connectivity index (χ4v) is 3.01. The average Bonchev–Trinajstić information content (AvgIpc) is 2.34. The highest BCUT2D eigenvalue weighted by Crippen LogP contribution is 2.23. The van der Waals surface area contributed by atoms with Crippen molar-refractivity contribution in [2.45, 2.75) is 51.2 Å². The van der Waals surface area contributed by atoms with Crippen molar-refractivity contribution in [3.8, 4) is 0 Å². The van der Waals surface area contributed by atoms with Crippen LogP contribution in [0.5, 0.6) is 0 Å². The number of aryl methyl sites for hydroxylation is 1. The smallest absolute Gasteiger partial charge is 0.0233 e. The Morgan fingerprint density at radius 1 is 1.28 bits per heavy atom. The topological polar surface area (TPSA) is 29.3 Å². The third-order valence-corrected chi connectivity index (χ3v) is 4.91. The van der Waals surface area contributed by atoms with Crippen LogP contribution in [-0.4, -0.2) is 24.0 Å². The van der Waals surface area contributed by atoms with Crippen molar-refractivity contribution in [3.63, 3.8) is 0 Å². The van der Waals surface area contributed by atoms with Crippen molar-refractivity contribution < 1.29 is 0 Å². The standard InChI is InChI=1S/C15H23BrN2/c1-11-9-12(3-8-15(11)16)10-18(2)14-6-4-13(17)5-7-14/h3,8-9,13-14H,4-7,10,17H2,1-2H3. The molecule has 0 bridgehead atoms. The molecule has 18 heavy (non-hydrogen) atoms. The van der Waals surface area contributed by atoms with Crippen LogP contribution in [0.4, 0.5) is 0 Å². The predicted molar refractivity (Wildman–Crippen MR) is 80.6 cm³/mol. The van der Waals surface area contributed by atoms with Gasteiger partial charge in [0.05, 0.1) is 0 Å². The van der Waals surface area contributed by atoms with Crippen molar-refractivity contribution in [2.75, 3.05) is 7.05 Å². The molecule has 0 atom stereocenters. The first-order valence-corrected chi connectivity index (χ1v) is 7.56. The van der Waals surface area contributed by atoms with Crippen LogP contribution in [0.3, 0.4) is 0 Å². The van der Waals surface area contributed by atoms with Gasteiger partial charge in [-0.05, 0) is 56.8 Å². The van der Waals surface area contributed by atoms with Crippen LogP contribution in [0.15, 0.2) is 22.7 Å². The molecular weight excluding hydrogens is 288 g/mol. The minimum absolute atomic E-state index is 0.435. The van der Waals surface area contributed by atoms with Gasteiger partial charge >= 0.3 is 0 Å². The number of nitrogens with two attached hydrogens (primary N) is 1. The maximum atomic E-state index is 5.96. The molecule has 0 unspecified atom stereocenters. The summed E-state index contributed by atoms with van der Waals surface area (Å²) in [5.41, 5.74) is 8.67. The average molecular weight is 311 g/mol. The van der Waals surface area contributed by atoms with E-state index < -0.39 is 0 Å². The Labute approximate surface area is 119 Å². The van der Waals surface area contributed by atoms with Crippen molar-refractivity contribution in [1.82, 2.24) is 4.90 Å². The second-order valence-electron chi connectivity index (χ2n) is 5.57. The molecule has 1 fully saturated rings. The van der Waals surface area contributed by atoms with E-state index in [1.165, 1.54) is 41.3 Å². The van der Waals surface area contributed by atoms with Crippen LogP contribution in [0.25, 0.3) is 0 Å². The van der Waals surface area contributed by atoms with Gasteiger partial charge in [-0.25, -0.2) is 0 Å². The minimum Gasteiger partial charge on any atom is -0.328 e. The Hall–Kier alpha value is -0.380. The molecule has 0 aliphatic heterocycles. The van der Waals surface area contributed by atoms with Gasteiger partial charge in [0.2, 0.25) is 0 Å². The Bertz CT molecular complexity index is 397. The van der Waals surface area contributed by atoms with Crippen LogP contribution in [-0.2, 0) is 6.54 Å². The summed E-state index contributed by atoms with van der Waals surface area (Å²) in [5, 5.41) is 0. The van der Waals surface area contributed by atoms with E-state index in [1.54, 1.807) is 0 Å². The van der Waals surface area contributed by atoms with Crippen molar-refractivity contribution >= 4 is 15.9 Å². The van der Waals surface area contributed by atoms with Crippen LogP contribution in [0.1, 0.15) is 36.8 Å². The monoisotopic (exact) mass is 310 g/mol. The van der Waals surface area contributed by atoms with Crippen LogP contribution >= 0.6 is 15.9 Å². The third kappa shape index (κ3) is 3.56. The molecule has 0 heterocycles. The highest BCUT2D eigenvalue weighted by Gasteiger charge is 2.21. The second-order valence-corrected chi connectivity index (χ2v) is 6.42. The van der Waals surface area contributed by atoms with Gasteiger partial charge in [-0.1, -0.05) is 28.1 Å². The van der Waals surface area contributed by atoms with E-state index >= 15 is 0 Å². The maximum absolute atomic E-state index is 5.96. The molecule has 2 rings (SSSR count). The van der Waals surface area contributed by atoms with E-state index in [2.05, 4.69) is 53.0 Å². The number of rotatable bonds is 3. The summed E-state index contributed by atoms with van der Waals surface area (Å²) in [6, 6.07) is 7.77. The summed E-state index contributed by atoms with van der Waals surface area (Å²) in [4.78, 5) is 2.48. The lowest BCUT2D eigenvalue weighted by atomic mass is 9.91. The van der Waals surface area contributed by atoms with E-state index in [4.69, 9.17) is 5.73 Å². The van der Waals surface area contributed by atoms with Crippen molar-refractivity contribution in [2.24, 2.45) is 5.73 Å². The number of nitrogens with zero attached hydrogens (tertiary/aromatic N) is 1. The van der Waals surface area contributed by atoms with Gasteiger partial charge < -0.3 is 5.73 Å². The van der Waals surface area contributed by atoms with Crippen LogP contribution < -0.4 is 5.73 Å². The Balaban J connectivity index is 1.94. The van der Waals surface area contributed by atoms with Gasteiger partial charge in [-0.2, -0.15) is 0 Å². The molecule has 1 aromatic carbocycles. The first-order valence-electron chi connectivity index (χ1n) is 6.77. The second kappa shape index (κ2) is 6.18. The van der Waals surface area contributed by atoms with Crippen molar-refractivity contribution in [1.29, 1.82) is 0 Å². The number of halogens is 1. The quantitative estimate of drug-likeness (QED) is 0.926. The van der Waals surface area contributed by atoms with Crippen LogP contribution in [0.2, 0.25) is 0 Å². The van der Waals surface area contributed by atoms with E-state index in [-0.39, 0.29) is 0 Å². The summed E-state index contributed by atoms with van der Waals surface area (Å²) >= 11 is 3.55. The summed E-state index contributed by atoms with van der Waals surface area (Å²) in [6.07, 6.45) is 4.84. The van der Waals surface area contributed by atoms with E-state index in [9.17, 15) is 0 Å². The lowest BCUT2D eigenvalue weighted by Gasteiger charge is -2.33. The SMILES string of the molecule is Cc1cc(CN(C)C2CCC(N)CC2)ccc1Br. The molecular formula is C15H23BrN2. The fraction of sp³-hybridized carbons (Fsp3) is 0.600. The summed E-state index contributed by atoms with van der Waals surface area (Å²) < 4.78 is 1.19. The lowest BCUT2D eigenvalue weighted by Crippen LogP contribution is -2.38. The molecule has 0 saturated heterocycles.